The first-order chi connectivity index (χ1) is 12.8. The van der Waals surface area contributed by atoms with Crippen LogP contribution in [0, 0.1) is 5.92 Å². The van der Waals surface area contributed by atoms with Crippen LogP contribution in [0.4, 0.5) is 11.5 Å². The van der Waals surface area contributed by atoms with Crippen molar-refractivity contribution in [1.82, 2.24) is 19.7 Å². The van der Waals surface area contributed by atoms with Gasteiger partial charge < -0.3 is 9.80 Å². The normalized spacial score (nSPS) is 14.1. The van der Waals surface area contributed by atoms with E-state index in [1.807, 2.05) is 60.5 Å². The first-order valence-electron chi connectivity index (χ1n) is 8.69. The maximum Gasteiger partial charge on any atom is 0.233 e. The second-order valence-electron chi connectivity index (χ2n) is 6.20. The molecule has 132 valence electrons. The predicted molar refractivity (Wildman–Crippen MR) is 99.3 cm³/mol. The summed E-state index contributed by atoms with van der Waals surface area (Å²) in [5.74, 6) is 1.68. The van der Waals surface area contributed by atoms with Crippen molar-refractivity contribution in [3.8, 4) is 5.82 Å². The minimum atomic E-state index is -0.0155. The van der Waals surface area contributed by atoms with Gasteiger partial charge in [-0.2, -0.15) is 5.10 Å². The molecule has 0 spiro atoms. The molecule has 0 atom stereocenters. The third-order valence-corrected chi connectivity index (χ3v) is 4.58. The highest BCUT2D eigenvalue weighted by Crippen LogP contribution is 2.26. The average Bonchev–Trinajstić information content (AvgIpc) is 3.17. The number of amides is 1. The van der Waals surface area contributed by atoms with Crippen LogP contribution >= 0.6 is 0 Å². The van der Waals surface area contributed by atoms with E-state index >= 15 is 0 Å². The van der Waals surface area contributed by atoms with Crippen LogP contribution in [-0.2, 0) is 4.79 Å². The summed E-state index contributed by atoms with van der Waals surface area (Å²) in [6, 6.07) is 13.5. The summed E-state index contributed by atoms with van der Waals surface area (Å²) in [5, 5.41) is 4.19. The Labute approximate surface area is 151 Å². The number of aromatic nitrogens is 4. The highest BCUT2D eigenvalue weighted by molar-refractivity contribution is 5.96. The molecule has 0 N–H and O–H groups in total. The Morgan fingerprint density at radius 3 is 2.62 bits per heavy atom. The van der Waals surface area contributed by atoms with Gasteiger partial charge in [0.05, 0.1) is 5.92 Å². The van der Waals surface area contributed by atoms with Gasteiger partial charge in [-0.25, -0.2) is 14.6 Å². The summed E-state index contributed by atoms with van der Waals surface area (Å²) in [5.41, 5.74) is 0.946. The monoisotopic (exact) mass is 348 g/mol. The van der Waals surface area contributed by atoms with Crippen LogP contribution in [0.2, 0.25) is 0 Å². The molecule has 0 unspecified atom stereocenters. The molecule has 1 amide bonds. The molecule has 7 nitrogen and oxygen atoms in total. The van der Waals surface area contributed by atoms with Crippen molar-refractivity contribution in [3.05, 3.63) is 61.2 Å². The molecule has 0 aliphatic carbocycles. The predicted octanol–water partition coefficient (Wildman–Crippen LogP) is 2.15. The van der Waals surface area contributed by atoms with Crippen LogP contribution in [0.25, 0.3) is 5.82 Å². The zero-order valence-electron chi connectivity index (χ0n) is 14.6. The summed E-state index contributed by atoms with van der Waals surface area (Å²) in [6.45, 7) is 3.99. The van der Waals surface area contributed by atoms with Crippen molar-refractivity contribution >= 4 is 17.4 Å². The highest BCUT2D eigenvalue weighted by Gasteiger charge is 2.36. The topological polar surface area (TPSA) is 67.2 Å². The second kappa shape index (κ2) is 6.95. The van der Waals surface area contributed by atoms with Gasteiger partial charge in [0.1, 0.15) is 12.1 Å². The molecule has 2 aromatic heterocycles. The average molecular weight is 348 g/mol. The van der Waals surface area contributed by atoms with Crippen molar-refractivity contribution in [2.45, 2.75) is 6.92 Å². The molecule has 0 bridgehead atoms. The number of anilines is 2. The largest absolute Gasteiger partial charge is 0.355 e. The van der Waals surface area contributed by atoms with E-state index in [9.17, 15) is 4.79 Å². The van der Waals surface area contributed by atoms with E-state index in [2.05, 4.69) is 20.0 Å². The molecule has 0 saturated carbocycles. The van der Waals surface area contributed by atoms with Crippen molar-refractivity contribution in [2.24, 2.45) is 5.92 Å². The van der Waals surface area contributed by atoms with Gasteiger partial charge in [0.25, 0.3) is 0 Å². The van der Waals surface area contributed by atoms with Crippen molar-refractivity contribution in [2.75, 3.05) is 29.4 Å². The number of carbonyl (C=O) groups excluding carboxylic acids is 1. The first-order valence-corrected chi connectivity index (χ1v) is 8.69. The molecule has 3 heterocycles. The Morgan fingerprint density at radius 2 is 1.92 bits per heavy atom. The highest BCUT2D eigenvalue weighted by atomic mass is 16.2. The lowest BCUT2D eigenvalue weighted by atomic mass is 9.98. The Kier molecular flexibility index (Phi) is 4.35. The minimum Gasteiger partial charge on any atom is -0.355 e. The molecule has 4 rings (SSSR count). The summed E-state index contributed by atoms with van der Waals surface area (Å²) >= 11 is 0. The van der Waals surface area contributed by atoms with Gasteiger partial charge >= 0.3 is 0 Å². The van der Waals surface area contributed by atoms with Gasteiger partial charge in [-0.15, -0.1) is 0 Å². The van der Waals surface area contributed by atoms with Crippen molar-refractivity contribution in [1.29, 1.82) is 0 Å². The molecular formula is C19H20N6O. The lowest BCUT2D eigenvalue weighted by molar-refractivity contribution is -0.123. The maximum atomic E-state index is 12.8. The second-order valence-corrected chi connectivity index (χ2v) is 6.20. The molecule has 1 aromatic carbocycles. The molecule has 1 fully saturated rings. The maximum absolute atomic E-state index is 12.8. The van der Waals surface area contributed by atoms with Gasteiger partial charge in [0, 0.05) is 43.8 Å². The standard InChI is InChI=1S/C19H20N6O/c1-2-24(16-7-4-3-5-8-16)19(26)15-12-23(13-15)17-11-18(21-14-20-17)25-10-6-9-22-25/h3-11,14-15H,2,12-13H2,1H3. The van der Waals surface area contributed by atoms with Gasteiger partial charge in [-0.3, -0.25) is 4.79 Å². The first kappa shape index (κ1) is 16.3. The fourth-order valence-electron chi connectivity index (χ4n) is 3.16. The molecule has 1 aliphatic rings. The SMILES string of the molecule is CCN(C(=O)C1CN(c2cc(-n3cccn3)ncn2)C1)c1ccccc1. The molecule has 0 radical (unpaired) electrons. The molecule has 7 heteroatoms. The Hall–Kier alpha value is -3.22. The number of rotatable bonds is 5. The van der Waals surface area contributed by atoms with E-state index in [0.717, 1.165) is 11.5 Å². The Bertz CT molecular complexity index is 874. The quantitative estimate of drug-likeness (QED) is 0.707. The van der Waals surface area contributed by atoms with E-state index in [4.69, 9.17) is 0 Å². The number of hydrogen-bond donors (Lipinski definition) is 0. The third kappa shape index (κ3) is 3.03. The smallest absolute Gasteiger partial charge is 0.233 e. The van der Waals surface area contributed by atoms with Crippen LogP contribution in [0.5, 0.6) is 0 Å². The molecule has 1 saturated heterocycles. The van der Waals surface area contributed by atoms with Crippen LogP contribution in [-0.4, -0.2) is 45.3 Å². The zero-order valence-corrected chi connectivity index (χ0v) is 14.6. The summed E-state index contributed by atoms with van der Waals surface area (Å²) in [7, 11) is 0. The number of hydrogen-bond acceptors (Lipinski definition) is 5. The number of benzene rings is 1. The Morgan fingerprint density at radius 1 is 1.15 bits per heavy atom. The van der Waals surface area contributed by atoms with Crippen LogP contribution in [0.3, 0.4) is 0 Å². The number of para-hydroxylation sites is 1. The fraction of sp³-hybridized carbons (Fsp3) is 0.263. The van der Waals surface area contributed by atoms with E-state index < -0.39 is 0 Å². The molecular weight excluding hydrogens is 328 g/mol. The van der Waals surface area contributed by atoms with Gasteiger partial charge in [-0.05, 0) is 25.1 Å². The lowest BCUT2D eigenvalue weighted by Gasteiger charge is -2.41. The Balaban J connectivity index is 1.44. The van der Waals surface area contributed by atoms with Crippen LogP contribution in [0.15, 0.2) is 61.2 Å². The van der Waals surface area contributed by atoms with E-state index in [-0.39, 0.29) is 11.8 Å². The summed E-state index contributed by atoms with van der Waals surface area (Å²) in [4.78, 5) is 25.4. The van der Waals surface area contributed by atoms with Gasteiger partial charge in [-0.1, -0.05) is 18.2 Å². The van der Waals surface area contributed by atoms with Crippen LogP contribution in [0.1, 0.15) is 6.92 Å². The third-order valence-electron chi connectivity index (χ3n) is 4.58. The minimum absolute atomic E-state index is 0.0155. The van der Waals surface area contributed by atoms with Crippen molar-refractivity contribution < 1.29 is 4.79 Å². The molecule has 1 aliphatic heterocycles. The molecule has 26 heavy (non-hydrogen) atoms. The fourth-order valence-corrected chi connectivity index (χ4v) is 3.16. The van der Waals surface area contributed by atoms with E-state index in [1.165, 1.54) is 6.33 Å². The number of nitrogens with zero attached hydrogens (tertiary/aromatic N) is 6. The van der Waals surface area contributed by atoms with Crippen LogP contribution < -0.4 is 9.80 Å². The van der Waals surface area contributed by atoms with Gasteiger partial charge in [0.15, 0.2) is 5.82 Å². The summed E-state index contributed by atoms with van der Waals surface area (Å²) in [6.07, 6.45) is 5.08. The summed E-state index contributed by atoms with van der Waals surface area (Å²) < 4.78 is 1.70. The number of carbonyl (C=O) groups is 1. The van der Waals surface area contributed by atoms with E-state index in [1.54, 1.807) is 10.9 Å². The zero-order chi connectivity index (χ0) is 17.9. The lowest BCUT2D eigenvalue weighted by Crippen LogP contribution is -2.55. The van der Waals surface area contributed by atoms with Gasteiger partial charge in [0.2, 0.25) is 5.91 Å². The van der Waals surface area contributed by atoms with E-state index in [0.29, 0.717) is 25.5 Å². The molecule has 3 aromatic rings. The van der Waals surface area contributed by atoms with Crippen molar-refractivity contribution in [3.63, 3.8) is 0 Å².